The van der Waals surface area contributed by atoms with E-state index in [0.29, 0.717) is 92.2 Å². The lowest BCUT2D eigenvalue weighted by Crippen LogP contribution is -2.50. The summed E-state index contributed by atoms with van der Waals surface area (Å²) in [5.41, 5.74) is 25.8. The molecule has 0 saturated heterocycles. The lowest BCUT2D eigenvalue weighted by Gasteiger charge is -2.57. The second kappa shape index (κ2) is 26.6. The third-order valence-corrected chi connectivity index (χ3v) is 17.8. The zero-order valence-electron chi connectivity index (χ0n) is 43.8. The Bertz CT molecular complexity index is 1740. The van der Waals surface area contributed by atoms with Crippen molar-refractivity contribution >= 4 is 40.9 Å². The van der Waals surface area contributed by atoms with E-state index in [1.165, 1.54) is 70.6 Å². The van der Waals surface area contributed by atoms with Crippen LogP contribution in [0.25, 0.3) is 0 Å². The summed E-state index contributed by atoms with van der Waals surface area (Å²) in [5, 5.41) is 9.05. The normalized spacial score (nSPS) is 27.6. The largest absolute Gasteiger partial charge is 0.352 e. The van der Waals surface area contributed by atoms with Crippen LogP contribution in [0.2, 0.25) is 0 Å². The molecule has 11 N–H and O–H groups in total. The van der Waals surface area contributed by atoms with Crippen molar-refractivity contribution in [1.29, 1.82) is 0 Å². The molecular formula is C57H95N9O5. The molecule has 0 spiro atoms. The molecule has 0 heterocycles. The Balaban J connectivity index is 1.05. The van der Waals surface area contributed by atoms with E-state index in [1.54, 1.807) is 28.0 Å². The van der Waals surface area contributed by atoms with Crippen LogP contribution in [0.15, 0.2) is 18.2 Å². The molecule has 2 atom stereocenters. The van der Waals surface area contributed by atoms with Crippen molar-refractivity contribution in [2.24, 2.45) is 69.3 Å². The summed E-state index contributed by atoms with van der Waals surface area (Å²) in [5.74, 6) is 3.00. The van der Waals surface area contributed by atoms with E-state index in [2.05, 4.69) is 22.9 Å². The first-order chi connectivity index (χ1) is 34.2. The maximum absolute atomic E-state index is 14.4. The van der Waals surface area contributed by atoms with Gasteiger partial charge >= 0.3 is 0 Å². The van der Waals surface area contributed by atoms with Gasteiger partial charge < -0.3 is 48.7 Å². The summed E-state index contributed by atoms with van der Waals surface area (Å²) in [7, 11) is 0. The fraction of sp³-hybridized carbons (Fsp3) is 0.807. The van der Waals surface area contributed by atoms with Crippen molar-refractivity contribution < 1.29 is 24.0 Å². The first-order valence-corrected chi connectivity index (χ1v) is 28.7. The Morgan fingerprint density at radius 3 is 1.31 bits per heavy atom. The number of hydrogen-bond donors (Lipinski definition) is 7. The molecule has 14 nitrogen and oxygen atoms in total. The van der Waals surface area contributed by atoms with Gasteiger partial charge in [-0.1, -0.05) is 64.7 Å². The van der Waals surface area contributed by atoms with E-state index in [0.717, 1.165) is 83.5 Å². The van der Waals surface area contributed by atoms with Crippen LogP contribution in [0.1, 0.15) is 197 Å². The van der Waals surface area contributed by atoms with Crippen molar-refractivity contribution in [3.05, 3.63) is 23.8 Å². The maximum Gasteiger partial charge on any atom is 0.251 e. The number of rotatable bonds is 32. The Labute approximate surface area is 426 Å². The summed E-state index contributed by atoms with van der Waals surface area (Å²) in [6.07, 6.45) is 29.0. The smallest absolute Gasteiger partial charge is 0.251 e. The van der Waals surface area contributed by atoms with E-state index >= 15 is 0 Å². The van der Waals surface area contributed by atoms with E-state index in [1.807, 2.05) is 0 Å². The zero-order valence-corrected chi connectivity index (χ0v) is 43.8. The second-order valence-corrected chi connectivity index (χ2v) is 24.5. The highest BCUT2D eigenvalue weighted by atomic mass is 16.2. The van der Waals surface area contributed by atoms with Crippen molar-refractivity contribution in [3.8, 4) is 0 Å². The van der Waals surface area contributed by atoms with Gasteiger partial charge in [-0.2, -0.15) is 0 Å². The molecule has 8 fully saturated rings. The minimum Gasteiger partial charge on any atom is -0.352 e. The number of nitrogens with zero attached hydrogens (tertiary/aromatic N) is 2. The molecule has 0 radical (unpaired) electrons. The van der Waals surface area contributed by atoms with Gasteiger partial charge in [-0.25, -0.2) is 0 Å². The van der Waals surface area contributed by atoms with Crippen LogP contribution in [0.3, 0.4) is 0 Å². The minimum absolute atomic E-state index is 0.00179. The first-order valence-electron chi connectivity index (χ1n) is 28.7. The van der Waals surface area contributed by atoms with Gasteiger partial charge in [0.25, 0.3) is 5.91 Å². The van der Waals surface area contributed by atoms with E-state index in [9.17, 15) is 24.0 Å². The molecule has 8 saturated carbocycles. The number of nitrogens with two attached hydrogens (primary N) is 4. The highest BCUT2D eigenvalue weighted by Gasteiger charge is 2.53. The Morgan fingerprint density at radius 2 is 0.930 bits per heavy atom. The molecule has 8 bridgehead atoms. The van der Waals surface area contributed by atoms with Crippen LogP contribution in [-0.4, -0.2) is 97.2 Å². The SMILES string of the molecule is CCCCCCCCCCNC(=O)c1cc(NC(=O)CN(C[C@@H](N)CCCCN)C(=O)CC23CC4CC(CC(C4)C2)C3)cc(NC(=O)CN(C[C@@H](N)CCCCN)C(=O)CC23CC4CC(CC(C4)C2)C3)c1. The lowest BCUT2D eigenvalue weighted by atomic mass is 9.49. The molecule has 0 unspecified atom stereocenters. The minimum atomic E-state index is -0.406. The summed E-state index contributed by atoms with van der Waals surface area (Å²) < 4.78 is 0. The number of hydrogen-bond acceptors (Lipinski definition) is 9. The Kier molecular flexibility index (Phi) is 20.6. The van der Waals surface area contributed by atoms with Gasteiger partial charge in [0.1, 0.15) is 0 Å². The van der Waals surface area contributed by atoms with E-state index < -0.39 is 11.8 Å². The quantitative estimate of drug-likeness (QED) is 0.0344. The van der Waals surface area contributed by atoms with Gasteiger partial charge in [-0.15, -0.1) is 0 Å². The molecule has 0 aliphatic heterocycles. The number of anilines is 2. The van der Waals surface area contributed by atoms with Gasteiger partial charge in [0.05, 0.1) is 13.1 Å². The molecule has 9 rings (SSSR count). The fourth-order valence-electron chi connectivity index (χ4n) is 15.5. The monoisotopic (exact) mass is 986 g/mol. The standard InChI is InChI=1S/C57H95N9O5/c1-2-3-4-5-6-7-8-13-18-62-55(71)46-25-49(63-51(67)38-65(36-47(60)14-9-11-16-58)53(69)34-56-28-40-19-41(29-56)21-42(20-40)30-56)27-50(26-46)64-52(68)39-66(37-48(61)15-10-12-17-59)54(70)35-57-31-43-22-44(32-57)24-45(23-43)33-57/h25-27,40-45,47-48H,2-24,28-39,58-61H2,1H3,(H,62,71)(H,63,67)(H,64,68)/t40?,41?,42?,43?,44?,45?,47-,48-,56?,57?/m0/s1. The molecule has 8 aliphatic carbocycles. The number of carbonyl (C=O) groups excluding carboxylic acids is 5. The number of amides is 5. The second-order valence-electron chi connectivity index (χ2n) is 24.5. The van der Waals surface area contributed by atoms with E-state index in [-0.39, 0.29) is 72.4 Å². The summed E-state index contributed by atoms with van der Waals surface area (Å²) >= 11 is 0. The Hall–Kier alpha value is -3.59. The van der Waals surface area contributed by atoms with Crippen LogP contribution in [0.4, 0.5) is 11.4 Å². The molecule has 5 amide bonds. The van der Waals surface area contributed by atoms with Crippen molar-refractivity contribution in [1.82, 2.24) is 15.1 Å². The van der Waals surface area contributed by atoms with Gasteiger partial charge in [-0.3, -0.25) is 24.0 Å². The molecular weight excluding hydrogens is 891 g/mol. The molecule has 1 aromatic rings. The summed E-state index contributed by atoms with van der Waals surface area (Å²) in [6.45, 7) is 4.04. The van der Waals surface area contributed by atoms with Crippen LogP contribution in [0.5, 0.6) is 0 Å². The number of nitrogens with one attached hydrogen (secondary N) is 3. The third kappa shape index (κ3) is 16.5. The topological polar surface area (TPSA) is 232 Å². The maximum atomic E-state index is 14.4. The number of unbranched alkanes of at least 4 members (excludes halogenated alkanes) is 9. The average Bonchev–Trinajstić information content (AvgIpc) is 3.29. The van der Waals surface area contributed by atoms with Crippen molar-refractivity contribution in [2.75, 3.05) is 56.4 Å². The average molecular weight is 986 g/mol. The zero-order chi connectivity index (χ0) is 50.4. The van der Waals surface area contributed by atoms with Crippen LogP contribution >= 0.6 is 0 Å². The van der Waals surface area contributed by atoms with Crippen molar-refractivity contribution in [3.63, 3.8) is 0 Å². The van der Waals surface area contributed by atoms with Gasteiger partial charge in [0.15, 0.2) is 0 Å². The van der Waals surface area contributed by atoms with Crippen LogP contribution in [0, 0.1) is 46.3 Å². The van der Waals surface area contributed by atoms with Crippen LogP contribution in [-0.2, 0) is 19.2 Å². The summed E-state index contributed by atoms with van der Waals surface area (Å²) in [4.78, 5) is 74.3. The molecule has 0 aromatic heterocycles. The van der Waals surface area contributed by atoms with Crippen molar-refractivity contribution in [2.45, 2.75) is 199 Å². The lowest BCUT2D eigenvalue weighted by molar-refractivity contribution is -0.142. The predicted molar refractivity (Wildman–Crippen MR) is 284 cm³/mol. The Morgan fingerprint density at radius 1 is 0.549 bits per heavy atom. The number of carbonyl (C=O) groups is 5. The number of benzene rings is 1. The van der Waals surface area contributed by atoms with Gasteiger partial charge in [0.2, 0.25) is 23.6 Å². The molecule has 398 valence electrons. The molecule has 71 heavy (non-hydrogen) atoms. The molecule has 14 heteroatoms. The third-order valence-electron chi connectivity index (χ3n) is 17.8. The van der Waals surface area contributed by atoms with E-state index in [4.69, 9.17) is 22.9 Å². The molecule has 8 aliphatic rings. The summed E-state index contributed by atoms with van der Waals surface area (Å²) in [6, 6.07) is 4.29. The molecule has 1 aromatic carbocycles. The highest BCUT2D eigenvalue weighted by molar-refractivity contribution is 6.02. The first kappa shape index (κ1) is 55.2. The fourth-order valence-corrected chi connectivity index (χ4v) is 15.5. The van der Waals surface area contributed by atoms with Gasteiger partial charge in [0, 0.05) is 61.5 Å². The predicted octanol–water partition coefficient (Wildman–Crippen LogP) is 8.22. The van der Waals surface area contributed by atoms with Crippen LogP contribution < -0.4 is 38.9 Å². The van der Waals surface area contributed by atoms with Gasteiger partial charge in [-0.05, 0) is 187 Å². The highest BCUT2D eigenvalue weighted by Crippen LogP contribution is 2.62.